The molecule has 2 atom stereocenters. The molecule has 4 rings (SSSR count). The van der Waals surface area contributed by atoms with Gasteiger partial charge in [-0.3, -0.25) is 0 Å². The lowest BCUT2D eigenvalue weighted by Crippen LogP contribution is -2.37. The summed E-state index contributed by atoms with van der Waals surface area (Å²) in [5, 5.41) is 9.80. The topological polar surface area (TPSA) is 87.9 Å². The van der Waals surface area contributed by atoms with Crippen molar-refractivity contribution in [2.75, 3.05) is 6.61 Å². The summed E-state index contributed by atoms with van der Waals surface area (Å²) < 4.78 is 13.0. The van der Waals surface area contributed by atoms with Crippen molar-refractivity contribution < 1.29 is 23.6 Å². The fourth-order valence-corrected chi connectivity index (χ4v) is 3.86. The zero-order valence-corrected chi connectivity index (χ0v) is 19.3. The number of aryl methyl sites for hydroxylation is 1. The van der Waals surface area contributed by atoms with Gasteiger partial charge in [0.2, 0.25) is 17.1 Å². The van der Waals surface area contributed by atoms with Crippen LogP contribution in [0.5, 0.6) is 5.75 Å². The van der Waals surface area contributed by atoms with E-state index in [-0.39, 0.29) is 11.6 Å². The second-order valence-electron chi connectivity index (χ2n) is 7.52. The normalized spacial score (nSPS) is 16.3. The van der Waals surface area contributed by atoms with Crippen LogP contribution in [0, 0.1) is 6.92 Å². The number of benzene rings is 2. The zero-order valence-electron chi connectivity index (χ0n) is 17.8. The molecule has 33 heavy (non-hydrogen) atoms. The molecular weight excluding hydrogens is 465 g/mol. The highest BCUT2D eigenvalue weighted by Crippen LogP contribution is 2.22. The number of rotatable bonds is 9. The number of ether oxygens (including phenoxy) is 1. The summed E-state index contributed by atoms with van der Waals surface area (Å²) in [5.41, 5.74) is 1.86. The molecule has 1 aliphatic heterocycles. The average Bonchev–Trinajstić information content (AvgIpc) is 3.35. The summed E-state index contributed by atoms with van der Waals surface area (Å²) in [4.78, 5) is 20.3. The van der Waals surface area contributed by atoms with Crippen molar-refractivity contribution in [2.24, 2.45) is 4.99 Å². The molecule has 0 spiro atoms. The Morgan fingerprint density at radius 2 is 1.94 bits per heavy atom. The molecular formula is C24H22Cl2N3O4+. The van der Waals surface area contributed by atoms with Crippen LogP contribution >= 0.6 is 23.2 Å². The van der Waals surface area contributed by atoms with Crippen LogP contribution in [0.15, 0.2) is 64.0 Å². The molecule has 0 amide bonds. The van der Waals surface area contributed by atoms with Gasteiger partial charge in [-0.1, -0.05) is 46.9 Å². The van der Waals surface area contributed by atoms with Crippen molar-refractivity contribution in [1.82, 2.24) is 4.98 Å². The molecule has 1 aromatic heterocycles. The van der Waals surface area contributed by atoms with Gasteiger partial charge in [0.25, 0.3) is 11.8 Å². The summed E-state index contributed by atoms with van der Waals surface area (Å²) in [7, 11) is 0. The Hall–Kier alpha value is -3.16. The van der Waals surface area contributed by atoms with Crippen LogP contribution in [-0.4, -0.2) is 50.3 Å². The van der Waals surface area contributed by atoms with Crippen molar-refractivity contribution in [3.8, 4) is 17.2 Å². The van der Waals surface area contributed by atoms with Crippen LogP contribution in [0.2, 0.25) is 0 Å². The fraction of sp³-hybridized carbons (Fsp3) is 0.250. The summed E-state index contributed by atoms with van der Waals surface area (Å²) in [5.74, 6) is 1.04. The van der Waals surface area contributed by atoms with E-state index in [2.05, 4.69) is 9.98 Å². The Kier molecular flexibility index (Phi) is 7.11. The minimum absolute atomic E-state index is 0.183. The highest BCUT2D eigenvalue weighted by Gasteiger charge is 2.35. The fourth-order valence-electron chi connectivity index (χ4n) is 3.48. The Balaban J connectivity index is 1.34. The van der Waals surface area contributed by atoms with Gasteiger partial charge in [0.1, 0.15) is 11.5 Å². The quantitative estimate of drug-likeness (QED) is 0.272. The summed E-state index contributed by atoms with van der Waals surface area (Å²) in [6, 6.07) is 16.1. The number of carboxylic acid groups (broad SMARTS) is 1. The van der Waals surface area contributed by atoms with Gasteiger partial charge in [0.15, 0.2) is 0 Å². The van der Waals surface area contributed by atoms with Crippen LogP contribution in [0.25, 0.3) is 11.5 Å². The molecule has 3 aromatic rings. The third-order valence-corrected chi connectivity index (χ3v) is 6.09. The SMILES string of the molecule is Cc1oc(-c2ccccc2)nc1CCOc1ccc(CC(C(=O)O)[N+]2=C(Cl)C(Cl)N=C2)cc1. The van der Waals surface area contributed by atoms with Crippen molar-refractivity contribution in [3.05, 3.63) is 71.6 Å². The number of aliphatic carboxylic acids is 1. The molecule has 0 bridgehead atoms. The lowest BCUT2D eigenvalue weighted by Gasteiger charge is -2.12. The van der Waals surface area contributed by atoms with E-state index in [1.54, 1.807) is 0 Å². The number of aliphatic imine (C=N–C) groups is 1. The second-order valence-corrected chi connectivity index (χ2v) is 8.32. The molecule has 0 aliphatic carbocycles. The standard InChI is InChI=1S/C24H21Cl2N3O4/c1-15-19(28-23(33-15)17-5-3-2-4-6-17)11-12-32-18-9-7-16(8-10-18)13-20(24(30)31)29-14-27-21(25)22(29)26/h2-10,14,20-21H,11-13H2,1H3/p+1. The van der Waals surface area contributed by atoms with Crippen LogP contribution in [0.1, 0.15) is 17.0 Å². The second kappa shape index (κ2) is 10.2. The van der Waals surface area contributed by atoms with Gasteiger partial charge in [-0.15, -0.1) is 0 Å². The van der Waals surface area contributed by atoms with Gasteiger partial charge in [0, 0.05) is 18.4 Å². The molecule has 1 aliphatic rings. The highest BCUT2D eigenvalue weighted by molar-refractivity contribution is 6.70. The molecule has 1 N–H and O–H groups in total. The molecule has 7 nitrogen and oxygen atoms in total. The average molecular weight is 487 g/mol. The van der Waals surface area contributed by atoms with Crippen LogP contribution in [0.3, 0.4) is 0 Å². The van der Waals surface area contributed by atoms with Gasteiger partial charge in [0.05, 0.1) is 12.3 Å². The first-order valence-electron chi connectivity index (χ1n) is 10.4. The number of hydrogen-bond acceptors (Lipinski definition) is 5. The minimum atomic E-state index is -1.01. The maximum atomic E-state index is 11.7. The van der Waals surface area contributed by atoms with Crippen LogP contribution < -0.4 is 4.74 Å². The smallest absolute Gasteiger partial charge is 0.349 e. The molecule has 0 saturated heterocycles. The van der Waals surface area contributed by atoms with Gasteiger partial charge >= 0.3 is 5.97 Å². The summed E-state index contributed by atoms with van der Waals surface area (Å²) in [6.07, 6.45) is 2.21. The van der Waals surface area contributed by atoms with E-state index in [9.17, 15) is 9.90 Å². The third-order valence-electron chi connectivity index (χ3n) is 5.26. The lowest BCUT2D eigenvalue weighted by molar-refractivity contribution is -0.428. The van der Waals surface area contributed by atoms with E-state index in [0.29, 0.717) is 24.7 Å². The van der Waals surface area contributed by atoms with E-state index >= 15 is 0 Å². The Morgan fingerprint density at radius 3 is 2.58 bits per heavy atom. The number of carboxylic acids is 1. The monoisotopic (exact) mass is 486 g/mol. The zero-order chi connectivity index (χ0) is 23.4. The Morgan fingerprint density at radius 1 is 1.21 bits per heavy atom. The van der Waals surface area contributed by atoms with Crippen molar-refractivity contribution >= 4 is 40.7 Å². The van der Waals surface area contributed by atoms with Gasteiger partial charge < -0.3 is 14.3 Å². The molecule has 170 valence electrons. The number of aromatic nitrogens is 1. The molecule has 2 aromatic carbocycles. The first-order valence-corrected chi connectivity index (χ1v) is 11.2. The molecule has 9 heteroatoms. The summed E-state index contributed by atoms with van der Waals surface area (Å²) >= 11 is 12.0. The molecule has 0 saturated carbocycles. The van der Waals surface area contributed by atoms with E-state index in [0.717, 1.165) is 22.6 Å². The first kappa shape index (κ1) is 23.0. The largest absolute Gasteiger partial charge is 0.493 e. The molecule has 2 unspecified atom stereocenters. The van der Waals surface area contributed by atoms with Crippen molar-refractivity contribution in [1.29, 1.82) is 0 Å². The van der Waals surface area contributed by atoms with Crippen LogP contribution in [-0.2, 0) is 17.6 Å². The molecule has 0 radical (unpaired) electrons. The van der Waals surface area contributed by atoms with Gasteiger partial charge in [-0.2, -0.15) is 0 Å². The Labute approximate surface area is 201 Å². The minimum Gasteiger partial charge on any atom is -0.493 e. The van der Waals surface area contributed by atoms with Crippen molar-refractivity contribution in [3.63, 3.8) is 0 Å². The first-order chi connectivity index (χ1) is 15.9. The summed E-state index contributed by atoms with van der Waals surface area (Å²) in [6.45, 7) is 2.33. The van der Waals surface area contributed by atoms with Crippen molar-refractivity contribution in [2.45, 2.75) is 31.3 Å². The van der Waals surface area contributed by atoms with Gasteiger partial charge in [-0.05, 0) is 48.4 Å². The number of nitrogens with zero attached hydrogens (tertiary/aromatic N) is 3. The van der Waals surface area contributed by atoms with E-state index in [4.69, 9.17) is 32.4 Å². The van der Waals surface area contributed by atoms with E-state index in [1.165, 1.54) is 10.9 Å². The molecule has 0 fully saturated rings. The van der Waals surface area contributed by atoms with Crippen LogP contribution in [0.4, 0.5) is 0 Å². The Bertz CT molecular complexity index is 1190. The predicted molar refractivity (Wildman–Crippen MR) is 127 cm³/mol. The predicted octanol–water partition coefficient (Wildman–Crippen LogP) is 4.52. The number of hydrogen-bond donors (Lipinski definition) is 1. The number of alkyl halides is 1. The van der Waals surface area contributed by atoms with Gasteiger partial charge in [-0.25, -0.2) is 14.4 Å². The maximum absolute atomic E-state index is 11.7. The highest BCUT2D eigenvalue weighted by atomic mass is 35.5. The number of oxazole rings is 1. The lowest BCUT2D eigenvalue weighted by atomic mass is 10.1. The van der Waals surface area contributed by atoms with E-state index < -0.39 is 17.5 Å². The third kappa shape index (κ3) is 5.43. The van der Waals surface area contributed by atoms with E-state index in [1.807, 2.05) is 61.5 Å². The molecule has 2 heterocycles. The maximum Gasteiger partial charge on any atom is 0.349 e. The number of carbonyl (C=O) groups is 1. The number of halogens is 2.